The number of benzene rings is 1. The molecular weight excluding hydrogens is 312 g/mol. The third-order valence-corrected chi connectivity index (χ3v) is 4.25. The van der Waals surface area contributed by atoms with E-state index in [4.69, 9.17) is 0 Å². The standard InChI is InChI=1S/C21H34N2O2/c1-3-5-7-9-10-12-20(24)23-19-15-13-18(14-16-19)21(25)22-17-11-8-6-4-2/h13-16H,3-12,17H2,1-2H3,(H,22,25)(H,23,24). The first kappa shape index (κ1) is 21.2. The van der Waals surface area contributed by atoms with Gasteiger partial charge in [-0.3, -0.25) is 9.59 Å². The molecule has 0 heterocycles. The van der Waals surface area contributed by atoms with Crippen LogP contribution in [0.25, 0.3) is 0 Å². The first-order valence-corrected chi connectivity index (χ1v) is 9.85. The highest BCUT2D eigenvalue weighted by atomic mass is 16.2. The van der Waals surface area contributed by atoms with Gasteiger partial charge in [-0.25, -0.2) is 0 Å². The van der Waals surface area contributed by atoms with Crippen molar-refractivity contribution in [3.63, 3.8) is 0 Å². The zero-order valence-corrected chi connectivity index (χ0v) is 15.9. The largest absolute Gasteiger partial charge is 0.352 e. The molecule has 4 heteroatoms. The van der Waals surface area contributed by atoms with Crippen molar-refractivity contribution in [3.05, 3.63) is 29.8 Å². The van der Waals surface area contributed by atoms with E-state index in [0.717, 1.165) is 37.9 Å². The number of hydrogen-bond donors (Lipinski definition) is 2. The van der Waals surface area contributed by atoms with E-state index >= 15 is 0 Å². The average molecular weight is 347 g/mol. The minimum Gasteiger partial charge on any atom is -0.352 e. The summed E-state index contributed by atoms with van der Waals surface area (Å²) in [5.41, 5.74) is 1.38. The fraction of sp³-hybridized carbons (Fsp3) is 0.619. The Bertz CT molecular complexity index is 497. The molecule has 0 saturated heterocycles. The Hall–Kier alpha value is -1.84. The predicted molar refractivity (Wildman–Crippen MR) is 105 cm³/mol. The van der Waals surface area contributed by atoms with E-state index < -0.39 is 0 Å². The lowest BCUT2D eigenvalue weighted by Gasteiger charge is -2.08. The van der Waals surface area contributed by atoms with Crippen LogP contribution in [-0.2, 0) is 4.79 Å². The minimum absolute atomic E-state index is 0.0459. The lowest BCUT2D eigenvalue weighted by molar-refractivity contribution is -0.116. The van der Waals surface area contributed by atoms with Gasteiger partial charge < -0.3 is 10.6 Å². The second kappa shape index (κ2) is 13.5. The number of rotatable bonds is 13. The normalized spacial score (nSPS) is 10.5. The average Bonchev–Trinajstić information content (AvgIpc) is 2.62. The van der Waals surface area contributed by atoms with Crippen LogP contribution in [0.3, 0.4) is 0 Å². The molecule has 140 valence electrons. The van der Waals surface area contributed by atoms with Gasteiger partial charge in [0.2, 0.25) is 5.91 Å². The maximum Gasteiger partial charge on any atom is 0.251 e. The summed E-state index contributed by atoms with van der Waals surface area (Å²) < 4.78 is 0. The van der Waals surface area contributed by atoms with E-state index in [0.29, 0.717) is 12.0 Å². The second-order valence-electron chi connectivity index (χ2n) is 6.61. The Morgan fingerprint density at radius 1 is 0.800 bits per heavy atom. The lowest BCUT2D eigenvalue weighted by atomic mass is 10.1. The summed E-state index contributed by atoms with van der Waals surface area (Å²) in [6.45, 7) is 5.07. The van der Waals surface area contributed by atoms with Crippen LogP contribution in [-0.4, -0.2) is 18.4 Å². The third-order valence-electron chi connectivity index (χ3n) is 4.25. The van der Waals surface area contributed by atoms with Crippen LogP contribution in [0.1, 0.15) is 88.4 Å². The molecule has 0 unspecified atom stereocenters. The number of hydrogen-bond acceptors (Lipinski definition) is 2. The molecule has 0 saturated carbocycles. The van der Waals surface area contributed by atoms with Gasteiger partial charge in [0.05, 0.1) is 0 Å². The summed E-state index contributed by atoms with van der Waals surface area (Å²) in [5.74, 6) is -0.00470. The molecule has 0 aliphatic carbocycles. The Kier molecular flexibility index (Phi) is 11.4. The van der Waals surface area contributed by atoms with Gasteiger partial charge in [0, 0.05) is 24.2 Å². The molecule has 2 N–H and O–H groups in total. The number of carbonyl (C=O) groups excluding carboxylic acids is 2. The van der Waals surface area contributed by atoms with Crippen LogP contribution >= 0.6 is 0 Å². The van der Waals surface area contributed by atoms with Crippen LogP contribution in [0.5, 0.6) is 0 Å². The molecule has 0 fully saturated rings. The molecule has 0 spiro atoms. The van der Waals surface area contributed by atoms with Crippen LogP contribution in [0.15, 0.2) is 24.3 Å². The SMILES string of the molecule is CCCCCCCC(=O)Nc1ccc(C(=O)NCCCCCC)cc1. The van der Waals surface area contributed by atoms with Crippen molar-refractivity contribution in [1.82, 2.24) is 5.32 Å². The summed E-state index contributed by atoms with van der Waals surface area (Å²) >= 11 is 0. The van der Waals surface area contributed by atoms with Gasteiger partial charge >= 0.3 is 0 Å². The summed E-state index contributed by atoms with van der Waals surface area (Å²) in [6, 6.07) is 7.11. The fourth-order valence-corrected chi connectivity index (χ4v) is 2.67. The van der Waals surface area contributed by atoms with Crippen LogP contribution in [0, 0.1) is 0 Å². The van der Waals surface area contributed by atoms with Gasteiger partial charge in [-0.2, -0.15) is 0 Å². The van der Waals surface area contributed by atoms with Gasteiger partial charge in [-0.1, -0.05) is 58.8 Å². The van der Waals surface area contributed by atoms with E-state index in [1.807, 2.05) is 0 Å². The van der Waals surface area contributed by atoms with E-state index in [9.17, 15) is 9.59 Å². The zero-order valence-electron chi connectivity index (χ0n) is 15.9. The second-order valence-corrected chi connectivity index (χ2v) is 6.61. The number of anilines is 1. The highest BCUT2D eigenvalue weighted by molar-refractivity contribution is 5.95. The minimum atomic E-state index is -0.0506. The Morgan fingerprint density at radius 3 is 2.04 bits per heavy atom. The highest BCUT2D eigenvalue weighted by Gasteiger charge is 2.06. The Morgan fingerprint density at radius 2 is 1.40 bits per heavy atom. The number of amides is 2. The van der Waals surface area contributed by atoms with E-state index in [-0.39, 0.29) is 11.8 Å². The smallest absolute Gasteiger partial charge is 0.251 e. The quantitative estimate of drug-likeness (QED) is 0.476. The van der Waals surface area contributed by atoms with Crippen LogP contribution in [0.2, 0.25) is 0 Å². The van der Waals surface area contributed by atoms with Gasteiger partial charge in [-0.05, 0) is 37.1 Å². The summed E-state index contributed by atoms with van der Waals surface area (Å²) in [6.07, 6.45) is 10.8. The van der Waals surface area contributed by atoms with Crippen molar-refractivity contribution in [1.29, 1.82) is 0 Å². The maximum atomic E-state index is 12.0. The predicted octanol–water partition coefficient (Wildman–Crippen LogP) is 5.30. The van der Waals surface area contributed by atoms with Crippen LogP contribution in [0.4, 0.5) is 5.69 Å². The summed E-state index contributed by atoms with van der Waals surface area (Å²) in [7, 11) is 0. The zero-order chi connectivity index (χ0) is 18.3. The van der Waals surface area contributed by atoms with Crippen molar-refractivity contribution in [3.8, 4) is 0 Å². The highest BCUT2D eigenvalue weighted by Crippen LogP contribution is 2.11. The molecule has 1 aromatic carbocycles. The summed E-state index contributed by atoms with van der Waals surface area (Å²) in [4.78, 5) is 23.9. The number of nitrogens with one attached hydrogen (secondary N) is 2. The molecule has 1 rings (SSSR count). The van der Waals surface area contributed by atoms with Crippen LogP contribution < -0.4 is 10.6 Å². The molecule has 2 amide bonds. The number of unbranched alkanes of at least 4 members (excludes halogenated alkanes) is 7. The molecule has 0 bridgehead atoms. The first-order chi connectivity index (χ1) is 12.2. The van der Waals surface area contributed by atoms with Crippen molar-refractivity contribution in [2.24, 2.45) is 0 Å². The molecule has 0 aliphatic heterocycles. The van der Waals surface area contributed by atoms with E-state index in [2.05, 4.69) is 24.5 Å². The molecule has 4 nitrogen and oxygen atoms in total. The fourth-order valence-electron chi connectivity index (χ4n) is 2.67. The molecule has 0 aromatic heterocycles. The van der Waals surface area contributed by atoms with Gasteiger partial charge in [0.25, 0.3) is 5.91 Å². The molecule has 1 aromatic rings. The number of carbonyl (C=O) groups is 2. The van der Waals surface area contributed by atoms with Gasteiger partial charge in [0.15, 0.2) is 0 Å². The molecule has 0 atom stereocenters. The van der Waals surface area contributed by atoms with Gasteiger partial charge in [0.1, 0.15) is 0 Å². The molecule has 25 heavy (non-hydrogen) atoms. The van der Waals surface area contributed by atoms with Crippen molar-refractivity contribution < 1.29 is 9.59 Å². The van der Waals surface area contributed by atoms with Crippen molar-refractivity contribution >= 4 is 17.5 Å². The van der Waals surface area contributed by atoms with E-state index in [1.54, 1.807) is 24.3 Å². The first-order valence-electron chi connectivity index (χ1n) is 9.85. The summed E-state index contributed by atoms with van der Waals surface area (Å²) in [5, 5.41) is 5.83. The van der Waals surface area contributed by atoms with Gasteiger partial charge in [-0.15, -0.1) is 0 Å². The topological polar surface area (TPSA) is 58.2 Å². The Labute approximate surface area is 152 Å². The molecule has 0 radical (unpaired) electrons. The monoisotopic (exact) mass is 346 g/mol. The van der Waals surface area contributed by atoms with Crippen molar-refractivity contribution in [2.75, 3.05) is 11.9 Å². The lowest BCUT2D eigenvalue weighted by Crippen LogP contribution is -2.24. The Balaban J connectivity index is 2.28. The molecular formula is C21H34N2O2. The van der Waals surface area contributed by atoms with Crippen molar-refractivity contribution in [2.45, 2.75) is 78.1 Å². The maximum absolute atomic E-state index is 12.0. The van der Waals surface area contributed by atoms with E-state index in [1.165, 1.54) is 32.1 Å². The molecule has 0 aliphatic rings. The third kappa shape index (κ3) is 9.90.